The van der Waals surface area contributed by atoms with Crippen molar-refractivity contribution >= 4 is 11.7 Å². The first-order valence-electron chi connectivity index (χ1n) is 6.50. The molecular weight excluding hydrogens is 226 g/mol. The van der Waals surface area contributed by atoms with Crippen LogP contribution in [0.3, 0.4) is 0 Å². The molecule has 0 spiro atoms. The van der Waals surface area contributed by atoms with Gasteiger partial charge in [-0.25, -0.2) is 4.79 Å². The highest BCUT2D eigenvalue weighted by atomic mass is 16.6. The summed E-state index contributed by atoms with van der Waals surface area (Å²) in [6, 6.07) is 6.11. The SMILES string of the molecule is CCc1ccc2c(c1)NC(C(=O)OC(C)(C)C)C2. The molecule has 1 unspecified atom stereocenters. The van der Waals surface area contributed by atoms with Crippen LogP contribution in [-0.4, -0.2) is 17.6 Å². The number of rotatable bonds is 2. The lowest BCUT2D eigenvalue weighted by atomic mass is 10.1. The first-order valence-corrected chi connectivity index (χ1v) is 6.50. The van der Waals surface area contributed by atoms with E-state index in [1.807, 2.05) is 20.8 Å². The van der Waals surface area contributed by atoms with E-state index in [0.717, 1.165) is 12.1 Å². The second-order valence-electron chi connectivity index (χ2n) is 5.78. The molecule has 0 aliphatic carbocycles. The normalized spacial score (nSPS) is 18.1. The Balaban J connectivity index is 2.08. The molecular formula is C15H21NO2. The zero-order valence-electron chi connectivity index (χ0n) is 11.5. The minimum atomic E-state index is -0.428. The Labute approximate surface area is 109 Å². The van der Waals surface area contributed by atoms with Gasteiger partial charge in [0.2, 0.25) is 0 Å². The Bertz CT molecular complexity index is 460. The van der Waals surface area contributed by atoms with Gasteiger partial charge < -0.3 is 10.1 Å². The molecule has 2 rings (SSSR count). The zero-order chi connectivity index (χ0) is 13.3. The van der Waals surface area contributed by atoms with Gasteiger partial charge in [0, 0.05) is 12.1 Å². The standard InChI is InChI=1S/C15H21NO2/c1-5-10-6-7-11-9-13(16-12(11)8-10)14(17)18-15(2,3)4/h6-8,13,16H,5,9H2,1-4H3. The van der Waals surface area contributed by atoms with Crippen molar-refractivity contribution in [2.45, 2.75) is 52.2 Å². The van der Waals surface area contributed by atoms with Crippen LogP contribution in [0.4, 0.5) is 5.69 Å². The number of hydrogen-bond donors (Lipinski definition) is 1. The van der Waals surface area contributed by atoms with Crippen LogP contribution >= 0.6 is 0 Å². The van der Waals surface area contributed by atoms with E-state index >= 15 is 0 Å². The molecule has 18 heavy (non-hydrogen) atoms. The molecule has 1 atom stereocenters. The number of ether oxygens (including phenoxy) is 1. The smallest absolute Gasteiger partial charge is 0.329 e. The van der Waals surface area contributed by atoms with Crippen LogP contribution in [0.1, 0.15) is 38.8 Å². The van der Waals surface area contributed by atoms with Crippen LogP contribution in [0.25, 0.3) is 0 Å². The van der Waals surface area contributed by atoms with Crippen molar-refractivity contribution in [2.75, 3.05) is 5.32 Å². The molecule has 1 heterocycles. The van der Waals surface area contributed by atoms with Crippen LogP contribution in [0.2, 0.25) is 0 Å². The van der Waals surface area contributed by atoms with Crippen molar-refractivity contribution in [3.05, 3.63) is 29.3 Å². The maximum Gasteiger partial charge on any atom is 0.329 e. The van der Waals surface area contributed by atoms with E-state index in [9.17, 15) is 4.79 Å². The Hall–Kier alpha value is -1.51. The third-order valence-corrected chi connectivity index (χ3v) is 3.03. The number of carbonyl (C=O) groups is 1. The fraction of sp³-hybridized carbons (Fsp3) is 0.533. The van der Waals surface area contributed by atoms with E-state index in [2.05, 4.69) is 30.4 Å². The van der Waals surface area contributed by atoms with Gasteiger partial charge in [-0.3, -0.25) is 0 Å². The number of benzene rings is 1. The summed E-state index contributed by atoms with van der Waals surface area (Å²) in [6.45, 7) is 7.80. The fourth-order valence-corrected chi connectivity index (χ4v) is 2.13. The number of fused-ring (bicyclic) bond motifs is 1. The molecule has 98 valence electrons. The number of hydrogen-bond acceptors (Lipinski definition) is 3. The van der Waals surface area contributed by atoms with Crippen molar-refractivity contribution < 1.29 is 9.53 Å². The summed E-state index contributed by atoms with van der Waals surface area (Å²) in [7, 11) is 0. The van der Waals surface area contributed by atoms with Gasteiger partial charge in [0.05, 0.1) is 0 Å². The van der Waals surface area contributed by atoms with Gasteiger partial charge in [0.25, 0.3) is 0 Å². The average Bonchev–Trinajstić information content (AvgIpc) is 2.69. The van der Waals surface area contributed by atoms with Crippen molar-refractivity contribution in [3.63, 3.8) is 0 Å². The Kier molecular flexibility index (Phi) is 3.33. The maximum absolute atomic E-state index is 12.0. The minimum absolute atomic E-state index is 0.170. The number of anilines is 1. The van der Waals surface area contributed by atoms with Gasteiger partial charge >= 0.3 is 5.97 Å². The lowest BCUT2D eigenvalue weighted by Gasteiger charge is -2.22. The van der Waals surface area contributed by atoms with E-state index in [-0.39, 0.29) is 12.0 Å². The quantitative estimate of drug-likeness (QED) is 0.817. The highest BCUT2D eigenvalue weighted by Crippen LogP contribution is 2.28. The van der Waals surface area contributed by atoms with Crippen molar-refractivity contribution in [1.82, 2.24) is 0 Å². The molecule has 3 heteroatoms. The predicted octanol–water partition coefficient (Wildman–Crippen LogP) is 2.93. The summed E-state index contributed by atoms with van der Waals surface area (Å²) < 4.78 is 5.41. The Morgan fingerprint density at radius 1 is 1.44 bits per heavy atom. The molecule has 0 aromatic heterocycles. The first-order chi connectivity index (χ1) is 8.39. The van der Waals surface area contributed by atoms with E-state index in [0.29, 0.717) is 6.42 Å². The predicted molar refractivity (Wildman–Crippen MR) is 72.8 cm³/mol. The number of esters is 1. The van der Waals surface area contributed by atoms with Gasteiger partial charge in [-0.1, -0.05) is 19.1 Å². The van der Waals surface area contributed by atoms with Gasteiger partial charge in [-0.05, 0) is 44.4 Å². The molecule has 3 nitrogen and oxygen atoms in total. The maximum atomic E-state index is 12.0. The topological polar surface area (TPSA) is 38.3 Å². The van der Waals surface area contributed by atoms with Gasteiger partial charge in [0.15, 0.2) is 0 Å². The number of carbonyl (C=O) groups excluding carboxylic acids is 1. The summed E-state index contributed by atoms with van der Waals surface area (Å²) in [5.41, 5.74) is 3.13. The summed E-state index contributed by atoms with van der Waals surface area (Å²) >= 11 is 0. The molecule has 0 saturated carbocycles. The highest BCUT2D eigenvalue weighted by Gasteiger charge is 2.30. The lowest BCUT2D eigenvalue weighted by molar-refractivity contribution is -0.155. The van der Waals surface area contributed by atoms with Gasteiger partial charge in [0.1, 0.15) is 11.6 Å². The van der Waals surface area contributed by atoms with Crippen LogP contribution in [0.15, 0.2) is 18.2 Å². The number of nitrogens with one attached hydrogen (secondary N) is 1. The molecule has 1 aromatic rings. The molecule has 0 saturated heterocycles. The van der Waals surface area contributed by atoms with Crippen LogP contribution in [-0.2, 0) is 22.4 Å². The molecule has 0 radical (unpaired) electrons. The van der Waals surface area contributed by atoms with E-state index in [4.69, 9.17) is 4.74 Å². The van der Waals surface area contributed by atoms with Crippen LogP contribution in [0.5, 0.6) is 0 Å². The lowest BCUT2D eigenvalue weighted by Crippen LogP contribution is -2.35. The zero-order valence-corrected chi connectivity index (χ0v) is 11.5. The van der Waals surface area contributed by atoms with Crippen molar-refractivity contribution in [3.8, 4) is 0 Å². The molecule has 1 aliphatic rings. The first kappa shape index (κ1) is 12.9. The Morgan fingerprint density at radius 3 is 2.78 bits per heavy atom. The van der Waals surface area contributed by atoms with Crippen molar-refractivity contribution in [2.24, 2.45) is 0 Å². The molecule has 1 aliphatic heterocycles. The summed E-state index contributed by atoms with van der Waals surface area (Å²) in [4.78, 5) is 12.0. The van der Waals surface area contributed by atoms with E-state index in [1.165, 1.54) is 11.1 Å². The summed E-state index contributed by atoms with van der Waals surface area (Å²) in [5.74, 6) is -0.170. The molecule has 0 fully saturated rings. The summed E-state index contributed by atoms with van der Waals surface area (Å²) in [5, 5.41) is 3.26. The van der Waals surface area contributed by atoms with Gasteiger partial charge in [-0.2, -0.15) is 0 Å². The molecule has 1 aromatic carbocycles. The second kappa shape index (κ2) is 4.63. The molecule has 0 bridgehead atoms. The third kappa shape index (κ3) is 2.84. The van der Waals surface area contributed by atoms with E-state index < -0.39 is 5.60 Å². The van der Waals surface area contributed by atoms with Crippen LogP contribution in [0, 0.1) is 0 Å². The molecule has 0 amide bonds. The monoisotopic (exact) mass is 247 g/mol. The summed E-state index contributed by atoms with van der Waals surface area (Å²) in [6.07, 6.45) is 1.72. The molecule has 1 N–H and O–H groups in total. The van der Waals surface area contributed by atoms with Crippen molar-refractivity contribution in [1.29, 1.82) is 0 Å². The highest BCUT2D eigenvalue weighted by molar-refractivity contribution is 5.83. The second-order valence-corrected chi connectivity index (χ2v) is 5.78. The Morgan fingerprint density at radius 2 is 2.17 bits per heavy atom. The van der Waals surface area contributed by atoms with E-state index in [1.54, 1.807) is 0 Å². The average molecular weight is 247 g/mol. The minimum Gasteiger partial charge on any atom is -0.458 e. The van der Waals surface area contributed by atoms with Gasteiger partial charge in [-0.15, -0.1) is 0 Å². The third-order valence-electron chi connectivity index (χ3n) is 3.03. The number of aryl methyl sites for hydroxylation is 1. The largest absolute Gasteiger partial charge is 0.458 e. The fourth-order valence-electron chi connectivity index (χ4n) is 2.13. The van der Waals surface area contributed by atoms with Crippen LogP contribution < -0.4 is 5.32 Å².